The molecule has 2 rings (SSSR count). The highest BCUT2D eigenvalue weighted by atomic mass is 79.9. The van der Waals surface area contributed by atoms with Crippen molar-refractivity contribution in [3.8, 4) is 0 Å². The fourth-order valence-electron chi connectivity index (χ4n) is 2.06. The van der Waals surface area contributed by atoms with E-state index >= 15 is 0 Å². The van der Waals surface area contributed by atoms with E-state index in [1.54, 1.807) is 12.1 Å². The normalized spacial score (nSPS) is 10.6. The molecule has 2 nitrogen and oxygen atoms in total. The summed E-state index contributed by atoms with van der Waals surface area (Å²) in [6, 6.07) is 8.97. The van der Waals surface area contributed by atoms with Crippen LogP contribution in [0.5, 0.6) is 0 Å². The standard InChI is InChI=1S/C16H18BrFN2/c1-10-7-15(19)16(8-11(10)2)20-6-5-12-9-13(17)3-4-14(12)18/h3-4,7-9,20H,5-6,19H2,1-2H3. The number of halogens is 2. The van der Waals surface area contributed by atoms with Crippen LogP contribution in [0.25, 0.3) is 0 Å². The Bertz CT molecular complexity index is 626. The van der Waals surface area contributed by atoms with Gasteiger partial charge in [-0.15, -0.1) is 0 Å². The van der Waals surface area contributed by atoms with Gasteiger partial charge in [0.25, 0.3) is 0 Å². The molecule has 106 valence electrons. The summed E-state index contributed by atoms with van der Waals surface area (Å²) in [4.78, 5) is 0. The molecule has 0 unspecified atom stereocenters. The van der Waals surface area contributed by atoms with Crippen molar-refractivity contribution in [1.29, 1.82) is 0 Å². The molecule has 0 aliphatic rings. The SMILES string of the molecule is Cc1cc(N)c(NCCc2cc(Br)ccc2F)cc1C. The Balaban J connectivity index is 2.03. The highest BCUT2D eigenvalue weighted by Gasteiger charge is 2.05. The summed E-state index contributed by atoms with van der Waals surface area (Å²) in [6.45, 7) is 4.72. The van der Waals surface area contributed by atoms with Crippen LogP contribution in [-0.2, 0) is 6.42 Å². The van der Waals surface area contributed by atoms with Crippen LogP contribution in [0.1, 0.15) is 16.7 Å². The molecular weight excluding hydrogens is 319 g/mol. The Kier molecular flexibility index (Phi) is 4.65. The number of benzene rings is 2. The third-order valence-electron chi connectivity index (χ3n) is 3.38. The van der Waals surface area contributed by atoms with E-state index in [-0.39, 0.29) is 5.82 Å². The second-order valence-electron chi connectivity index (χ2n) is 4.94. The number of nitrogens with two attached hydrogens (primary N) is 1. The highest BCUT2D eigenvalue weighted by molar-refractivity contribution is 9.10. The molecule has 3 N–H and O–H groups in total. The van der Waals surface area contributed by atoms with Crippen molar-refractivity contribution in [2.45, 2.75) is 20.3 Å². The van der Waals surface area contributed by atoms with Gasteiger partial charge in [0, 0.05) is 11.0 Å². The van der Waals surface area contributed by atoms with Gasteiger partial charge in [-0.05, 0) is 67.3 Å². The number of aryl methyl sites for hydroxylation is 2. The third-order valence-corrected chi connectivity index (χ3v) is 3.88. The van der Waals surface area contributed by atoms with E-state index < -0.39 is 0 Å². The first-order valence-corrected chi connectivity index (χ1v) is 7.31. The molecule has 0 heterocycles. The van der Waals surface area contributed by atoms with Crippen molar-refractivity contribution in [1.82, 2.24) is 0 Å². The van der Waals surface area contributed by atoms with Gasteiger partial charge in [0.15, 0.2) is 0 Å². The lowest BCUT2D eigenvalue weighted by Gasteiger charge is -2.12. The Morgan fingerprint density at radius 3 is 2.60 bits per heavy atom. The molecule has 0 spiro atoms. The summed E-state index contributed by atoms with van der Waals surface area (Å²) in [5, 5.41) is 3.27. The fourth-order valence-corrected chi connectivity index (χ4v) is 2.47. The van der Waals surface area contributed by atoms with E-state index in [0.29, 0.717) is 18.5 Å². The number of hydrogen-bond acceptors (Lipinski definition) is 2. The van der Waals surface area contributed by atoms with Crippen LogP contribution in [-0.4, -0.2) is 6.54 Å². The molecular formula is C16H18BrFN2. The molecule has 0 saturated carbocycles. The Labute approximate surface area is 127 Å². The van der Waals surface area contributed by atoms with Gasteiger partial charge >= 0.3 is 0 Å². The Hall–Kier alpha value is -1.55. The second kappa shape index (κ2) is 6.27. The minimum atomic E-state index is -0.178. The Morgan fingerprint density at radius 2 is 1.85 bits per heavy atom. The maximum atomic E-state index is 13.6. The van der Waals surface area contributed by atoms with Crippen molar-refractivity contribution < 1.29 is 4.39 Å². The maximum absolute atomic E-state index is 13.6. The van der Waals surface area contributed by atoms with Gasteiger partial charge in [0.1, 0.15) is 5.82 Å². The summed E-state index contributed by atoms with van der Waals surface area (Å²) in [5.41, 5.74) is 10.7. The molecule has 0 aliphatic heterocycles. The van der Waals surface area contributed by atoms with Crippen molar-refractivity contribution in [2.75, 3.05) is 17.6 Å². The van der Waals surface area contributed by atoms with Crippen molar-refractivity contribution in [3.63, 3.8) is 0 Å². The lowest BCUT2D eigenvalue weighted by atomic mass is 10.1. The minimum Gasteiger partial charge on any atom is -0.397 e. The van der Waals surface area contributed by atoms with E-state index in [1.165, 1.54) is 17.2 Å². The van der Waals surface area contributed by atoms with Gasteiger partial charge in [-0.3, -0.25) is 0 Å². The first kappa shape index (κ1) is 14.9. The van der Waals surface area contributed by atoms with Gasteiger partial charge in [-0.1, -0.05) is 15.9 Å². The topological polar surface area (TPSA) is 38.0 Å². The molecule has 0 amide bonds. The summed E-state index contributed by atoms with van der Waals surface area (Å²) in [6.07, 6.45) is 0.609. The van der Waals surface area contributed by atoms with Crippen molar-refractivity contribution >= 4 is 27.3 Å². The van der Waals surface area contributed by atoms with E-state index in [1.807, 2.05) is 26.0 Å². The highest BCUT2D eigenvalue weighted by Crippen LogP contribution is 2.23. The monoisotopic (exact) mass is 336 g/mol. The van der Waals surface area contributed by atoms with Crippen LogP contribution in [0, 0.1) is 19.7 Å². The number of rotatable bonds is 4. The lowest BCUT2D eigenvalue weighted by Crippen LogP contribution is -2.08. The number of anilines is 2. The van der Waals surface area contributed by atoms with E-state index in [9.17, 15) is 4.39 Å². The van der Waals surface area contributed by atoms with Gasteiger partial charge in [0.05, 0.1) is 11.4 Å². The molecule has 0 aromatic heterocycles. The zero-order valence-corrected chi connectivity index (χ0v) is 13.2. The lowest BCUT2D eigenvalue weighted by molar-refractivity contribution is 0.610. The van der Waals surface area contributed by atoms with E-state index in [0.717, 1.165) is 15.8 Å². The molecule has 2 aromatic carbocycles. The number of nitrogen functional groups attached to an aromatic ring is 1. The molecule has 2 aromatic rings. The summed E-state index contributed by atoms with van der Waals surface area (Å²) in [5.74, 6) is -0.178. The molecule has 0 bridgehead atoms. The second-order valence-corrected chi connectivity index (χ2v) is 5.85. The average Bonchev–Trinajstić information content (AvgIpc) is 2.39. The molecule has 0 aliphatic carbocycles. The predicted octanol–water partition coefficient (Wildman–Crippen LogP) is 4.44. The maximum Gasteiger partial charge on any atom is 0.126 e. The molecule has 20 heavy (non-hydrogen) atoms. The van der Waals surface area contributed by atoms with Crippen molar-refractivity contribution in [2.24, 2.45) is 0 Å². The van der Waals surface area contributed by atoms with Crippen LogP contribution in [0.15, 0.2) is 34.8 Å². The first-order chi connectivity index (χ1) is 9.47. The molecule has 0 saturated heterocycles. The molecule has 0 atom stereocenters. The number of hydrogen-bond donors (Lipinski definition) is 2. The predicted molar refractivity (Wildman–Crippen MR) is 86.6 cm³/mol. The Morgan fingerprint density at radius 1 is 1.15 bits per heavy atom. The zero-order chi connectivity index (χ0) is 14.7. The quantitative estimate of drug-likeness (QED) is 0.810. The number of nitrogens with one attached hydrogen (secondary N) is 1. The van der Waals surface area contributed by atoms with Crippen molar-refractivity contribution in [3.05, 3.63) is 57.3 Å². The fraction of sp³-hybridized carbons (Fsp3) is 0.250. The van der Waals surface area contributed by atoms with Gasteiger partial charge < -0.3 is 11.1 Å². The van der Waals surface area contributed by atoms with Crippen LogP contribution >= 0.6 is 15.9 Å². The summed E-state index contributed by atoms with van der Waals surface area (Å²) in [7, 11) is 0. The van der Waals surface area contributed by atoms with Crippen LogP contribution in [0.2, 0.25) is 0 Å². The minimum absolute atomic E-state index is 0.178. The largest absolute Gasteiger partial charge is 0.397 e. The molecule has 4 heteroatoms. The zero-order valence-electron chi connectivity index (χ0n) is 11.6. The average molecular weight is 337 g/mol. The van der Waals surface area contributed by atoms with E-state index in [2.05, 4.69) is 21.2 Å². The molecule has 0 fully saturated rings. The smallest absolute Gasteiger partial charge is 0.126 e. The first-order valence-electron chi connectivity index (χ1n) is 6.52. The van der Waals surface area contributed by atoms with E-state index in [4.69, 9.17) is 5.73 Å². The third kappa shape index (κ3) is 3.51. The van der Waals surface area contributed by atoms with Gasteiger partial charge in [0.2, 0.25) is 0 Å². The van der Waals surface area contributed by atoms with Crippen LogP contribution in [0.3, 0.4) is 0 Å². The van der Waals surface area contributed by atoms with Gasteiger partial charge in [-0.2, -0.15) is 0 Å². The molecule has 0 radical (unpaired) electrons. The van der Waals surface area contributed by atoms with Gasteiger partial charge in [-0.25, -0.2) is 4.39 Å². The summed E-state index contributed by atoms with van der Waals surface area (Å²) < 4.78 is 14.5. The summed E-state index contributed by atoms with van der Waals surface area (Å²) >= 11 is 3.36. The van der Waals surface area contributed by atoms with Crippen LogP contribution in [0.4, 0.5) is 15.8 Å². The van der Waals surface area contributed by atoms with Crippen LogP contribution < -0.4 is 11.1 Å².